The smallest absolute Gasteiger partial charge is 0.273 e. The van der Waals surface area contributed by atoms with E-state index in [1.54, 1.807) is 12.1 Å². The Morgan fingerprint density at radius 2 is 2.26 bits per heavy atom. The molecule has 9 nitrogen and oxygen atoms in total. The Morgan fingerprint density at radius 1 is 1.46 bits per heavy atom. The topological polar surface area (TPSA) is 137 Å². The first kappa shape index (κ1) is 25.2. The van der Waals surface area contributed by atoms with Gasteiger partial charge in [0, 0.05) is 37.3 Å². The summed E-state index contributed by atoms with van der Waals surface area (Å²) in [6, 6.07) is 3.90. The normalized spacial score (nSPS) is 20.1. The molecule has 2 aliphatic rings. The molecule has 2 unspecified atom stereocenters. The van der Waals surface area contributed by atoms with Crippen LogP contribution in [0.2, 0.25) is 0 Å². The maximum atomic E-state index is 14.4. The Balaban J connectivity index is 1.56. The summed E-state index contributed by atoms with van der Waals surface area (Å²) < 4.78 is 19.6. The van der Waals surface area contributed by atoms with Gasteiger partial charge in [0.25, 0.3) is 5.91 Å². The number of anilines is 1. The molecule has 2 aromatic rings. The summed E-state index contributed by atoms with van der Waals surface area (Å²) >= 11 is 1.04. The largest absolute Gasteiger partial charge is 0.393 e. The second-order valence-electron chi connectivity index (χ2n) is 9.01. The molecule has 2 atom stereocenters. The maximum absolute atomic E-state index is 14.4. The van der Waals surface area contributed by atoms with Crippen LogP contribution in [-0.4, -0.2) is 77.9 Å². The fraction of sp³-hybridized carbons (Fsp3) is 0.500. The number of carbonyl (C=O) groups excluding carboxylic acids is 1. The van der Waals surface area contributed by atoms with E-state index in [2.05, 4.69) is 10.3 Å². The van der Waals surface area contributed by atoms with E-state index in [-0.39, 0.29) is 22.4 Å². The van der Waals surface area contributed by atoms with Crippen LogP contribution in [0, 0.1) is 24.1 Å². The van der Waals surface area contributed by atoms with E-state index in [0.717, 1.165) is 29.5 Å². The first-order valence-corrected chi connectivity index (χ1v) is 12.6. The fourth-order valence-corrected chi connectivity index (χ4v) is 4.97. The third kappa shape index (κ3) is 6.03. The molecule has 1 amide bonds. The van der Waals surface area contributed by atoms with Crippen LogP contribution in [0.15, 0.2) is 23.2 Å². The molecular weight excluding hydrogens is 471 g/mol. The highest BCUT2D eigenvalue weighted by Gasteiger charge is 2.28. The molecule has 0 bridgehead atoms. The maximum Gasteiger partial charge on any atom is 0.273 e. The molecule has 1 aromatic heterocycles. The predicted octanol–water partition coefficient (Wildman–Crippen LogP) is 2.48. The van der Waals surface area contributed by atoms with Crippen LogP contribution in [-0.2, 0) is 4.74 Å². The molecule has 0 aliphatic carbocycles. The van der Waals surface area contributed by atoms with Crippen LogP contribution >= 0.6 is 11.3 Å². The molecule has 0 saturated carbocycles. The van der Waals surface area contributed by atoms with Gasteiger partial charge in [-0.2, -0.15) is 0 Å². The van der Waals surface area contributed by atoms with Crippen LogP contribution in [0.25, 0.3) is 10.6 Å². The van der Waals surface area contributed by atoms with Crippen molar-refractivity contribution in [3.63, 3.8) is 0 Å². The number of aryl methyl sites for hydroxylation is 1. The summed E-state index contributed by atoms with van der Waals surface area (Å²) in [6.07, 6.45) is 2.85. The molecule has 188 valence electrons. The number of aliphatic imine (C=N–C) groups is 1. The lowest BCUT2D eigenvalue weighted by Gasteiger charge is -2.30. The Bertz CT molecular complexity index is 1100. The monoisotopic (exact) mass is 502 g/mol. The number of aliphatic hydroxyl groups excluding tert-OH is 1. The van der Waals surface area contributed by atoms with Crippen molar-refractivity contribution >= 4 is 34.3 Å². The zero-order chi connectivity index (χ0) is 24.9. The van der Waals surface area contributed by atoms with Gasteiger partial charge >= 0.3 is 0 Å². The molecular formula is C24H31FN6O3S. The lowest BCUT2D eigenvalue weighted by atomic mass is 10.1. The number of ether oxygens (including phenoxy) is 1. The van der Waals surface area contributed by atoms with E-state index in [9.17, 15) is 14.3 Å². The molecule has 35 heavy (non-hydrogen) atoms. The summed E-state index contributed by atoms with van der Waals surface area (Å²) in [4.78, 5) is 24.3. The number of thiazole rings is 1. The second-order valence-corrected chi connectivity index (χ2v) is 10.0. The number of hydrogen-bond donors (Lipinski definition) is 4. The van der Waals surface area contributed by atoms with E-state index in [1.807, 2.05) is 11.8 Å². The molecule has 0 spiro atoms. The van der Waals surface area contributed by atoms with Crippen LogP contribution in [0.1, 0.15) is 35.3 Å². The number of benzene rings is 1. The van der Waals surface area contributed by atoms with Crippen molar-refractivity contribution in [1.82, 2.24) is 15.2 Å². The van der Waals surface area contributed by atoms with E-state index >= 15 is 0 Å². The average molecular weight is 503 g/mol. The first-order chi connectivity index (χ1) is 16.9. The van der Waals surface area contributed by atoms with Gasteiger partial charge in [0.1, 0.15) is 27.7 Å². The van der Waals surface area contributed by atoms with Gasteiger partial charge in [0.15, 0.2) is 5.69 Å². The minimum atomic E-state index is -0.793. The van der Waals surface area contributed by atoms with Crippen molar-refractivity contribution in [3.8, 4) is 10.6 Å². The molecule has 2 aliphatic heterocycles. The predicted molar refractivity (Wildman–Crippen MR) is 135 cm³/mol. The minimum Gasteiger partial charge on any atom is -0.393 e. The lowest BCUT2D eigenvalue weighted by molar-refractivity contribution is -0.0266. The molecule has 1 aromatic carbocycles. The number of carbonyl (C=O) groups is 1. The Labute approximate surface area is 207 Å². The van der Waals surface area contributed by atoms with Gasteiger partial charge in [-0.25, -0.2) is 9.37 Å². The summed E-state index contributed by atoms with van der Waals surface area (Å²) in [5.41, 5.74) is 7.25. The quantitative estimate of drug-likeness (QED) is 0.339. The Kier molecular flexibility index (Phi) is 8.09. The van der Waals surface area contributed by atoms with Gasteiger partial charge < -0.3 is 31.2 Å². The number of nitrogens with two attached hydrogens (primary N) is 1. The zero-order valence-corrected chi connectivity index (χ0v) is 20.5. The van der Waals surface area contributed by atoms with Crippen molar-refractivity contribution in [2.75, 3.05) is 38.6 Å². The number of hydrogen-bond acceptors (Lipinski definition) is 8. The third-order valence-corrected chi connectivity index (χ3v) is 7.11. The number of aromatic nitrogens is 1. The third-order valence-electron chi connectivity index (χ3n) is 6.19. The van der Waals surface area contributed by atoms with Crippen molar-refractivity contribution < 1.29 is 19.0 Å². The Hall–Kier alpha value is -2.89. The summed E-state index contributed by atoms with van der Waals surface area (Å²) in [5, 5.41) is 21.4. The molecule has 0 radical (unpaired) electrons. The van der Waals surface area contributed by atoms with E-state index in [4.69, 9.17) is 20.9 Å². The summed E-state index contributed by atoms with van der Waals surface area (Å²) in [7, 11) is 0. The van der Waals surface area contributed by atoms with Gasteiger partial charge in [-0.1, -0.05) is 23.0 Å². The highest BCUT2D eigenvalue weighted by atomic mass is 32.1. The number of amidine groups is 1. The van der Waals surface area contributed by atoms with Crippen molar-refractivity contribution in [3.05, 3.63) is 35.3 Å². The van der Waals surface area contributed by atoms with Gasteiger partial charge in [0.2, 0.25) is 0 Å². The molecule has 11 heteroatoms. The number of aliphatic hydroxyl groups is 1. The molecule has 5 N–H and O–H groups in total. The number of halogens is 1. The van der Waals surface area contributed by atoms with E-state index in [1.165, 1.54) is 6.07 Å². The van der Waals surface area contributed by atoms with Gasteiger partial charge in [0.05, 0.1) is 19.3 Å². The molecule has 3 heterocycles. The number of rotatable bonds is 7. The second kappa shape index (κ2) is 11.2. The summed E-state index contributed by atoms with van der Waals surface area (Å²) in [5.74, 6) is -0.105. The number of amides is 1. The van der Waals surface area contributed by atoms with E-state index in [0.29, 0.717) is 62.5 Å². The number of nitrogens with one attached hydrogen (secondary N) is 2. The molecule has 2 fully saturated rings. The molecule has 4 rings (SSSR count). The SMILES string of the molecule is Cc1ccc(F)c(-c2nc(C(=O)NC(C=N)C(=NCC3COC3)N3CCCC(O)CC3)c(N)s2)c1. The van der Waals surface area contributed by atoms with E-state index < -0.39 is 17.8 Å². The average Bonchev–Trinajstić information content (AvgIpc) is 3.06. The lowest BCUT2D eigenvalue weighted by Crippen LogP contribution is -2.50. The van der Waals surface area contributed by atoms with Crippen LogP contribution < -0.4 is 11.1 Å². The Morgan fingerprint density at radius 3 is 2.97 bits per heavy atom. The van der Waals surface area contributed by atoms with Gasteiger partial charge in [-0.05, 0) is 38.3 Å². The highest BCUT2D eigenvalue weighted by molar-refractivity contribution is 7.19. The van der Waals surface area contributed by atoms with Crippen molar-refractivity contribution in [1.29, 1.82) is 5.41 Å². The van der Waals surface area contributed by atoms with Crippen molar-refractivity contribution in [2.45, 2.75) is 38.3 Å². The zero-order valence-electron chi connectivity index (χ0n) is 19.7. The van der Waals surface area contributed by atoms with Gasteiger partial charge in [-0.15, -0.1) is 0 Å². The summed E-state index contributed by atoms with van der Waals surface area (Å²) in [6.45, 7) is 4.92. The molecule has 2 saturated heterocycles. The van der Waals surface area contributed by atoms with Gasteiger partial charge in [-0.3, -0.25) is 9.79 Å². The van der Waals surface area contributed by atoms with Crippen LogP contribution in [0.3, 0.4) is 0 Å². The minimum absolute atomic E-state index is 0.00390. The van der Waals surface area contributed by atoms with Crippen LogP contribution in [0.5, 0.6) is 0 Å². The standard InChI is InChI=1S/C24H31FN6O3S/c1-14-4-5-18(25)17(9-14)24-30-20(21(27)35-24)23(33)29-19(10-26)22(28-11-15-12-34-13-15)31-7-2-3-16(32)6-8-31/h4-5,9-10,15-16,19,26,32H,2-3,6-8,11-13,27H2,1H3,(H,29,33). The number of nitrogen functional groups attached to an aromatic ring is 1. The number of nitrogens with zero attached hydrogens (tertiary/aromatic N) is 3. The van der Waals surface area contributed by atoms with Crippen LogP contribution in [0.4, 0.5) is 9.39 Å². The fourth-order valence-electron chi connectivity index (χ4n) is 4.12. The highest BCUT2D eigenvalue weighted by Crippen LogP contribution is 2.32. The first-order valence-electron chi connectivity index (χ1n) is 11.7. The number of likely N-dealkylation sites (tertiary alicyclic amines) is 1. The van der Waals surface area contributed by atoms with Crippen molar-refractivity contribution in [2.24, 2.45) is 10.9 Å².